The minimum Gasteiger partial charge on any atom is -0.364 e. The van der Waals surface area contributed by atoms with Crippen molar-refractivity contribution in [3.63, 3.8) is 0 Å². The Kier molecular flexibility index (Phi) is 6.31. The van der Waals surface area contributed by atoms with Crippen LogP contribution in [0.15, 0.2) is 90.5 Å². The molecule has 3 heterocycles. The smallest absolute Gasteiger partial charge is 0.243 e. The number of sulfonamides is 1. The average molecular weight is 485 g/mol. The summed E-state index contributed by atoms with van der Waals surface area (Å²) in [6.07, 6.45) is 7.44. The number of anilines is 1. The van der Waals surface area contributed by atoms with Crippen molar-refractivity contribution in [3.05, 3.63) is 108 Å². The molecule has 1 aliphatic heterocycles. The molecule has 1 atom stereocenters. The van der Waals surface area contributed by atoms with Crippen LogP contribution in [-0.2, 0) is 29.5 Å². The van der Waals surface area contributed by atoms with Gasteiger partial charge in [0, 0.05) is 43.4 Å². The Labute approximate surface area is 204 Å². The molecule has 0 saturated carbocycles. The van der Waals surface area contributed by atoms with Crippen LogP contribution in [0, 0.1) is 11.3 Å². The van der Waals surface area contributed by atoms with E-state index < -0.39 is 10.0 Å². The van der Waals surface area contributed by atoms with E-state index >= 15 is 0 Å². The van der Waals surface area contributed by atoms with E-state index in [1.807, 2.05) is 24.4 Å². The summed E-state index contributed by atoms with van der Waals surface area (Å²) in [6.45, 7) is 1.11. The third kappa shape index (κ3) is 4.80. The van der Waals surface area contributed by atoms with Gasteiger partial charge >= 0.3 is 0 Å². The average Bonchev–Trinajstić information content (AvgIpc) is 3.35. The first-order chi connectivity index (χ1) is 17.0. The summed E-state index contributed by atoms with van der Waals surface area (Å²) in [4.78, 5) is 14.0. The lowest BCUT2D eigenvalue weighted by atomic mass is 10.1. The maximum Gasteiger partial charge on any atom is 0.243 e. The van der Waals surface area contributed by atoms with Gasteiger partial charge in [-0.25, -0.2) is 13.4 Å². The van der Waals surface area contributed by atoms with Crippen molar-refractivity contribution in [2.75, 3.05) is 11.4 Å². The number of nitrogens with zero attached hydrogens (tertiary/aromatic N) is 5. The number of H-pyrrole nitrogens is 1. The highest BCUT2D eigenvalue weighted by Crippen LogP contribution is 2.33. The SMILES string of the molecule is N#Cc1ccc2c(c1)CN(S(=O)(=O)c1ccccc1)C(Cc1cccnc1)CN2Cc1c[nH]cn1. The molecule has 0 spiro atoms. The van der Waals surface area contributed by atoms with Crippen LogP contribution in [0.1, 0.15) is 22.4 Å². The van der Waals surface area contributed by atoms with Crippen molar-refractivity contribution in [2.45, 2.75) is 30.4 Å². The largest absolute Gasteiger partial charge is 0.364 e. The van der Waals surface area contributed by atoms with Gasteiger partial charge in [0.2, 0.25) is 10.0 Å². The molecule has 1 aliphatic rings. The topological polar surface area (TPSA) is 106 Å². The summed E-state index contributed by atoms with van der Waals surface area (Å²) in [5.41, 5.74) is 3.97. The fourth-order valence-corrected chi connectivity index (χ4v) is 6.13. The lowest BCUT2D eigenvalue weighted by molar-refractivity contribution is 0.317. The molecule has 4 aromatic rings. The Bertz CT molecular complexity index is 1430. The van der Waals surface area contributed by atoms with Gasteiger partial charge in [-0.2, -0.15) is 9.57 Å². The molecule has 0 bridgehead atoms. The van der Waals surface area contributed by atoms with Crippen LogP contribution < -0.4 is 4.90 Å². The molecule has 2 aromatic carbocycles. The number of hydrogen-bond acceptors (Lipinski definition) is 6. The highest BCUT2D eigenvalue weighted by atomic mass is 32.2. The second-order valence-corrected chi connectivity index (χ2v) is 10.4. The van der Waals surface area contributed by atoms with Crippen molar-refractivity contribution in [3.8, 4) is 6.07 Å². The van der Waals surface area contributed by atoms with Crippen LogP contribution in [-0.4, -0.2) is 40.3 Å². The number of nitrogens with one attached hydrogen (secondary N) is 1. The van der Waals surface area contributed by atoms with E-state index in [1.165, 1.54) is 0 Å². The molecule has 0 radical (unpaired) electrons. The van der Waals surface area contributed by atoms with Gasteiger partial charge in [0.05, 0.1) is 35.1 Å². The normalized spacial score (nSPS) is 16.3. The fourth-order valence-electron chi connectivity index (χ4n) is 4.52. The van der Waals surface area contributed by atoms with E-state index in [0.717, 1.165) is 22.5 Å². The highest BCUT2D eigenvalue weighted by molar-refractivity contribution is 7.89. The molecule has 9 heteroatoms. The van der Waals surface area contributed by atoms with Gasteiger partial charge in [-0.3, -0.25) is 4.98 Å². The van der Waals surface area contributed by atoms with Crippen LogP contribution >= 0.6 is 0 Å². The Morgan fingerprint density at radius 2 is 1.97 bits per heavy atom. The summed E-state index contributed by atoms with van der Waals surface area (Å²) in [5, 5.41) is 9.52. The van der Waals surface area contributed by atoms with E-state index in [9.17, 15) is 13.7 Å². The molecule has 8 nitrogen and oxygen atoms in total. The molecule has 5 rings (SSSR count). The minimum absolute atomic E-state index is 0.157. The van der Waals surface area contributed by atoms with Crippen LogP contribution in [0.4, 0.5) is 5.69 Å². The Morgan fingerprint density at radius 1 is 1.11 bits per heavy atom. The number of aromatic amines is 1. The molecule has 0 aliphatic carbocycles. The number of fused-ring (bicyclic) bond motifs is 1. The number of nitriles is 1. The van der Waals surface area contributed by atoms with Crippen LogP contribution in [0.25, 0.3) is 0 Å². The molecule has 2 aromatic heterocycles. The van der Waals surface area contributed by atoms with E-state index in [1.54, 1.807) is 65.5 Å². The van der Waals surface area contributed by atoms with Gasteiger partial charge in [0.15, 0.2) is 0 Å². The molecule has 1 unspecified atom stereocenters. The number of imidazole rings is 1. The zero-order valence-corrected chi connectivity index (χ0v) is 19.8. The summed E-state index contributed by atoms with van der Waals surface area (Å²) in [5.74, 6) is 0. The Hall–Kier alpha value is -4.00. The predicted molar refractivity (Wildman–Crippen MR) is 132 cm³/mol. The van der Waals surface area contributed by atoms with Gasteiger partial charge < -0.3 is 9.88 Å². The summed E-state index contributed by atoms with van der Waals surface area (Å²) in [6, 6.07) is 19.6. The van der Waals surface area contributed by atoms with Crippen molar-refractivity contribution < 1.29 is 8.42 Å². The van der Waals surface area contributed by atoms with E-state index in [0.29, 0.717) is 25.1 Å². The number of aromatic nitrogens is 3. The standard InChI is InChI=1S/C26H24N6O2S/c27-13-20-8-9-26-22(11-20)16-32(35(33,34)25-6-2-1-3-7-25)24(12-21-5-4-10-28-14-21)18-31(26)17-23-15-29-19-30-23/h1-11,14-15,19,24H,12,16-18H2,(H,29,30). The maximum atomic E-state index is 13.9. The molecular weight excluding hydrogens is 460 g/mol. The molecule has 0 saturated heterocycles. The third-order valence-corrected chi connectivity index (χ3v) is 8.08. The lowest BCUT2D eigenvalue weighted by Gasteiger charge is -2.32. The quantitative estimate of drug-likeness (QED) is 0.449. The Morgan fingerprint density at radius 3 is 2.69 bits per heavy atom. The molecule has 176 valence electrons. The summed E-state index contributed by atoms with van der Waals surface area (Å²) >= 11 is 0. The van der Waals surface area contributed by atoms with Crippen LogP contribution in [0.3, 0.4) is 0 Å². The number of benzene rings is 2. The fraction of sp³-hybridized carbons (Fsp3) is 0.192. The number of rotatable bonds is 6. The van der Waals surface area contributed by atoms with Gasteiger partial charge in [0.1, 0.15) is 0 Å². The summed E-state index contributed by atoms with van der Waals surface area (Å²) < 4.78 is 29.4. The van der Waals surface area contributed by atoms with Crippen molar-refractivity contribution in [2.24, 2.45) is 0 Å². The van der Waals surface area contributed by atoms with E-state index in [-0.39, 0.29) is 17.5 Å². The maximum absolute atomic E-state index is 13.9. The predicted octanol–water partition coefficient (Wildman–Crippen LogP) is 3.50. The van der Waals surface area contributed by atoms with Gasteiger partial charge in [-0.05, 0) is 53.9 Å². The van der Waals surface area contributed by atoms with Crippen LogP contribution in [0.2, 0.25) is 0 Å². The van der Waals surface area contributed by atoms with E-state index in [4.69, 9.17) is 0 Å². The number of hydrogen-bond donors (Lipinski definition) is 1. The van der Waals surface area contributed by atoms with Crippen LogP contribution in [0.5, 0.6) is 0 Å². The highest BCUT2D eigenvalue weighted by Gasteiger charge is 2.36. The first-order valence-corrected chi connectivity index (χ1v) is 12.7. The lowest BCUT2D eigenvalue weighted by Crippen LogP contribution is -2.45. The van der Waals surface area contributed by atoms with Crippen molar-refractivity contribution >= 4 is 15.7 Å². The second-order valence-electron chi connectivity index (χ2n) is 8.48. The first kappa shape index (κ1) is 22.8. The molecular formula is C26H24N6O2S. The minimum atomic E-state index is -3.82. The number of pyridine rings is 1. The van der Waals surface area contributed by atoms with Crippen molar-refractivity contribution in [1.82, 2.24) is 19.3 Å². The Balaban J connectivity index is 1.62. The molecule has 0 fully saturated rings. The monoisotopic (exact) mass is 484 g/mol. The summed E-state index contributed by atoms with van der Waals surface area (Å²) in [7, 11) is -3.82. The first-order valence-electron chi connectivity index (χ1n) is 11.3. The second kappa shape index (κ2) is 9.70. The van der Waals surface area contributed by atoms with E-state index in [2.05, 4.69) is 25.9 Å². The van der Waals surface area contributed by atoms with Crippen molar-refractivity contribution in [1.29, 1.82) is 5.26 Å². The molecule has 1 N–H and O–H groups in total. The molecule has 35 heavy (non-hydrogen) atoms. The molecule has 0 amide bonds. The zero-order chi connectivity index (χ0) is 24.3. The van der Waals surface area contributed by atoms with Gasteiger partial charge in [-0.15, -0.1) is 0 Å². The van der Waals surface area contributed by atoms with Gasteiger partial charge in [0.25, 0.3) is 0 Å². The third-order valence-electron chi connectivity index (χ3n) is 6.17. The van der Waals surface area contributed by atoms with Gasteiger partial charge in [-0.1, -0.05) is 24.3 Å². The zero-order valence-electron chi connectivity index (χ0n) is 18.9.